The molecule has 0 aliphatic rings. The van der Waals surface area contributed by atoms with Gasteiger partial charge in [-0.1, -0.05) is 44.0 Å². The summed E-state index contributed by atoms with van der Waals surface area (Å²) in [6, 6.07) is 12.4. The van der Waals surface area contributed by atoms with E-state index in [1.807, 2.05) is 25.1 Å². The molecular formula is C17H20Br2O2. The molecule has 0 radical (unpaired) electrons. The maximum atomic E-state index is 4.83. The number of benzene rings is 2. The molecule has 0 amide bonds. The summed E-state index contributed by atoms with van der Waals surface area (Å²) in [5, 5.41) is 0. The maximum absolute atomic E-state index is 4.83. The highest BCUT2D eigenvalue weighted by atomic mass is 79.9. The number of aryl methyl sites for hydroxylation is 3. The third-order valence-corrected chi connectivity index (χ3v) is 4.10. The van der Waals surface area contributed by atoms with Crippen molar-refractivity contribution in [3.8, 4) is 0 Å². The molecule has 2 nitrogen and oxygen atoms in total. The van der Waals surface area contributed by atoms with Crippen LogP contribution in [0, 0.1) is 20.8 Å². The fraction of sp³-hybridized carbons (Fsp3) is 0.294. The Morgan fingerprint density at radius 1 is 0.810 bits per heavy atom. The second kappa shape index (κ2) is 9.36. The van der Waals surface area contributed by atoms with Gasteiger partial charge in [-0.3, -0.25) is 0 Å². The van der Waals surface area contributed by atoms with Crippen LogP contribution in [-0.4, -0.2) is 7.11 Å². The van der Waals surface area contributed by atoms with Crippen molar-refractivity contribution in [3.63, 3.8) is 0 Å². The molecule has 0 fully saturated rings. The minimum Gasteiger partial charge on any atom is -0.240 e. The van der Waals surface area contributed by atoms with Gasteiger partial charge in [-0.25, -0.2) is 9.78 Å². The fourth-order valence-corrected chi connectivity index (χ4v) is 2.51. The smallest absolute Gasteiger partial charge is 0.108 e. The van der Waals surface area contributed by atoms with E-state index >= 15 is 0 Å². The first-order chi connectivity index (χ1) is 9.93. The molecule has 0 bridgehead atoms. The van der Waals surface area contributed by atoms with Gasteiger partial charge in [-0.15, -0.1) is 0 Å². The van der Waals surface area contributed by atoms with Crippen molar-refractivity contribution < 1.29 is 9.78 Å². The van der Waals surface area contributed by atoms with E-state index in [1.54, 1.807) is 0 Å². The van der Waals surface area contributed by atoms with Crippen LogP contribution in [0.3, 0.4) is 0 Å². The van der Waals surface area contributed by atoms with Gasteiger partial charge in [-0.2, -0.15) is 0 Å². The lowest BCUT2D eigenvalue weighted by atomic mass is 10.1. The molecule has 0 N–H and O–H groups in total. The quantitative estimate of drug-likeness (QED) is 0.458. The second-order valence-corrected chi connectivity index (χ2v) is 6.56. The summed E-state index contributed by atoms with van der Waals surface area (Å²) in [4.78, 5) is 9.36. The first-order valence-electron chi connectivity index (χ1n) is 6.57. The number of rotatable bonds is 3. The average molecular weight is 416 g/mol. The van der Waals surface area contributed by atoms with Crippen molar-refractivity contribution in [3.05, 3.63) is 67.6 Å². The highest BCUT2D eigenvalue weighted by Gasteiger charge is 1.98. The minimum atomic E-state index is 0.488. The van der Waals surface area contributed by atoms with Gasteiger partial charge in [-0.05, 0) is 67.3 Å². The van der Waals surface area contributed by atoms with Crippen molar-refractivity contribution in [2.24, 2.45) is 0 Å². The fourth-order valence-electron chi connectivity index (χ4n) is 1.62. The van der Waals surface area contributed by atoms with Crippen molar-refractivity contribution >= 4 is 31.9 Å². The molecule has 0 saturated carbocycles. The predicted molar refractivity (Wildman–Crippen MR) is 94.3 cm³/mol. The number of hydrogen-bond donors (Lipinski definition) is 0. The van der Waals surface area contributed by atoms with E-state index in [1.165, 1.54) is 23.8 Å². The lowest BCUT2D eigenvalue weighted by Gasteiger charge is -2.04. The molecule has 2 rings (SSSR count). The second-order valence-electron chi connectivity index (χ2n) is 4.73. The van der Waals surface area contributed by atoms with Gasteiger partial charge in [0.2, 0.25) is 0 Å². The van der Waals surface area contributed by atoms with Crippen molar-refractivity contribution in [2.75, 3.05) is 7.11 Å². The lowest BCUT2D eigenvalue weighted by Crippen LogP contribution is -1.93. The standard InChI is InChI=1S/C9H11BrO2.C8H9Br/c1-7-3-4-9(10)5-8(7)6-12-11-2;1-6-3-4-8(9)5-7(6)2/h3-5H,6H2,1-2H3;3-5H,1-2H3. The van der Waals surface area contributed by atoms with Gasteiger partial charge in [0.15, 0.2) is 0 Å². The Balaban J connectivity index is 0.000000219. The topological polar surface area (TPSA) is 18.5 Å². The number of halogens is 2. The summed E-state index contributed by atoms with van der Waals surface area (Å²) in [6.07, 6.45) is 0. The highest BCUT2D eigenvalue weighted by Crippen LogP contribution is 2.16. The predicted octanol–water partition coefficient (Wildman–Crippen LogP) is 5.90. The van der Waals surface area contributed by atoms with Crippen LogP contribution in [-0.2, 0) is 16.4 Å². The third kappa shape index (κ3) is 6.74. The zero-order valence-electron chi connectivity index (χ0n) is 12.7. The Hall–Kier alpha value is -0.680. The molecule has 0 aliphatic carbocycles. The molecular weight excluding hydrogens is 396 g/mol. The Morgan fingerprint density at radius 2 is 1.38 bits per heavy atom. The molecule has 4 heteroatoms. The van der Waals surface area contributed by atoms with Gasteiger partial charge in [0.05, 0.1) is 7.11 Å². The molecule has 0 heterocycles. The molecule has 114 valence electrons. The van der Waals surface area contributed by atoms with Crippen LogP contribution in [0.4, 0.5) is 0 Å². The molecule has 2 aromatic rings. The van der Waals surface area contributed by atoms with E-state index in [-0.39, 0.29) is 0 Å². The largest absolute Gasteiger partial charge is 0.240 e. The van der Waals surface area contributed by atoms with Gasteiger partial charge >= 0.3 is 0 Å². The summed E-state index contributed by atoms with van der Waals surface area (Å²) in [7, 11) is 1.51. The molecule has 21 heavy (non-hydrogen) atoms. The van der Waals surface area contributed by atoms with Crippen LogP contribution in [0.2, 0.25) is 0 Å². The van der Waals surface area contributed by atoms with Crippen molar-refractivity contribution in [1.82, 2.24) is 0 Å². The summed E-state index contributed by atoms with van der Waals surface area (Å²) in [5.74, 6) is 0. The summed E-state index contributed by atoms with van der Waals surface area (Å²) < 4.78 is 2.22. The molecule has 0 aromatic heterocycles. The molecule has 0 atom stereocenters. The minimum absolute atomic E-state index is 0.488. The SMILES string of the molecule is COOCc1cc(Br)ccc1C.Cc1ccc(Br)cc1C. The Morgan fingerprint density at radius 3 is 1.90 bits per heavy atom. The van der Waals surface area contributed by atoms with Crippen LogP contribution >= 0.6 is 31.9 Å². The van der Waals surface area contributed by atoms with Crippen LogP contribution in [0.5, 0.6) is 0 Å². The van der Waals surface area contributed by atoms with E-state index < -0.39 is 0 Å². The maximum Gasteiger partial charge on any atom is 0.108 e. The van der Waals surface area contributed by atoms with Gasteiger partial charge in [0, 0.05) is 8.95 Å². The highest BCUT2D eigenvalue weighted by molar-refractivity contribution is 9.10. The first kappa shape index (κ1) is 18.4. The van der Waals surface area contributed by atoms with Crippen LogP contribution in [0.1, 0.15) is 22.3 Å². The zero-order valence-corrected chi connectivity index (χ0v) is 15.9. The van der Waals surface area contributed by atoms with E-state index in [0.29, 0.717) is 6.61 Å². The average Bonchev–Trinajstić information content (AvgIpc) is 2.45. The van der Waals surface area contributed by atoms with Crippen LogP contribution in [0.15, 0.2) is 45.3 Å². The molecule has 2 aromatic carbocycles. The molecule has 0 aliphatic heterocycles. The zero-order chi connectivity index (χ0) is 15.8. The van der Waals surface area contributed by atoms with Crippen LogP contribution in [0.25, 0.3) is 0 Å². The van der Waals surface area contributed by atoms with Gasteiger partial charge < -0.3 is 0 Å². The first-order valence-corrected chi connectivity index (χ1v) is 8.16. The normalized spacial score (nSPS) is 10.0. The van der Waals surface area contributed by atoms with Crippen molar-refractivity contribution in [1.29, 1.82) is 0 Å². The Bertz CT molecular complexity index is 583. The molecule has 0 spiro atoms. The van der Waals surface area contributed by atoms with Crippen LogP contribution < -0.4 is 0 Å². The Labute approximate surface area is 143 Å². The van der Waals surface area contributed by atoms with E-state index in [9.17, 15) is 0 Å². The number of hydrogen-bond acceptors (Lipinski definition) is 2. The van der Waals surface area contributed by atoms with E-state index in [0.717, 1.165) is 14.5 Å². The van der Waals surface area contributed by atoms with E-state index in [2.05, 4.69) is 68.8 Å². The van der Waals surface area contributed by atoms with Gasteiger partial charge in [0.1, 0.15) is 6.61 Å². The third-order valence-electron chi connectivity index (χ3n) is 3.11. The van der Waals surface area contributed by atoms with Crippen molar-refractivity contribution in [2.45, 2.75) is 27.4 Å². The van der Waals surface area contributed by atoms with Gasteiger partial charge in [0.25, 0.3) is 0 Å². The van der Waals surface area contributed by atoms with E-state index in [4.69, 9.17) is 4.89 Å². The monoisotopic (exact) mass is 414 g/mol. The Kier molecular flexibility index (Phi) is 8.19. The molecule has 0 saturated heterocycles. The summed E-state index contributed by atoms with van der Waals surface area (Å²) in [5.41, 5.74) is 5.02. The lowest BCUT2D eigenvalue weighted by molar-refractivity contribution is -0.282. The summed E-state index contributed by atoms with van der Waals surface area (Å²) in [6.45, 7) is 6.75. The summed E-state index contributed by atoms with van der Waals surface area (Å²) >= 11 is 6.79. The molecule has 0 unspecified atom stereocenters.